The van der Waals surface area contributed by atoms with Gasteiger partial charge in [0.15, 0.2) is 0 Å². The first kappa shape index (κ1) is 14.5. The summed E-state index contributed by atoms with van der Waals surface area (Å²) in [7, 11) is 0. The van der Waals surface area contributed by atoms with Crippen LogP contribution in [-0.2, 0) is 9.59 Å². The van der Waals surface area contributed by atoms with E-state index in [1.807, 2.05) is 27.7 Å². The number of piperidine rings is 1. The summed E-state index contributed by atoms with van der Waals surface area (Å²) in [6, 6.07) is 0.0216. The summed E-state index contributed by atoms with van der Waals surface area (Å²) in [5.74, 6) is 0.645. The minimum Gasteiger partial charge on any atom is -0.316 e. The average molecular weight is 266 g/mol. The van der Waals surface area contributed by atoms with Crippen LogP contribution in [0, 0.1) is 17.3 Å². The molecule has 2 saturated heterocycles. The predicted octanol–water partition coefficient (Wildman–Crippen LogP) is 1.80. The molecular formula is C15H26N2O2. The number of hydrogen-bond acceptors (Lipinski definition) is 3. The van der Waals surface area contributed by atoms with Gasteiger partial charge in [-0.2, -0.15) is 0 Å². The molecule has 0 saturated carbocycles. The van der Waals surface area contributed by atoms with Crippen LogP contribution in [0.4, 0.5) is 0 Å². The Balaban J connectivity index is 2.15. The topological polar surface area (TPSA) is 49.4 Å². The number of carbonyl (C=O) groups is 2. The molecule has 2 heterocycles. The molecule has 4 nitrogen and oxygen atoms in total. The molecule has 2 aliphatic rings. The molecule has 3 unspecified atom stereocenters. The van der Waals surface area contributed by atoms with Crippen molar-refractivity contribution in [1.29, 1.82) is 0 Å². The highest BCUT2D eigenvalue weighted by atomic mass is 16.2. The van der Waals surface area contributed by atoms with E-state index in [1.54, 1.807) is 4.90 Å². The van der Waals surface area contributed by atoms with Crippen LogP contribution in [0.5, 0.6) is 0 Å². The summed E-state index contributed by atoms with van der Waals surface area (Å²) in [4.78, 5) is 26.5. The number of imide groups is 1. The lowest BCUT2D eigenvalue weighted by molar-refractivity contribution is -0.145. The van der Waals surface area contributed by atoms with Gasteiger partial charge in [-0.25, -0.2) is 0 Å². The fourth-order valence-corrected chi connectivity index (χ4v) is 3.23. The fraction of sp³-hybridized carbons (Fsp3) is 0.867. The highest BCUT2D eigenvalue weighted by Gasteiger charge is 2.52. The summed E-state index contributed by atoms with van der Waals surface area (Å²) in [6.07, 6.45) is 2.60. The van der Waals surface area contributed by atoms with Crippen molar-refractivity contribution >= 4 is 11.8 Å². The van der Waals surface area contributed by atoms with Crippen molar-refractivity contribution in [3.05, 3.63) is 0 Å². The van der Waals surface area contributed by atoms with Crippen molar-refractivity contribution in [1.82, 2.24) is 10.2 Å². The van der Waals surface area contributed by atoms with Gasteiger partial charge in [0.2, 0.25) is 11.8 Å². The Morgan fingerprint density at radius 3 is 2.47 bits per heavy atom. The lowest BCUT2D eigenvalue weighted by Crippen LogP contribution is -2.48. The molecule has 2 fully saturated rings. The molecule has 108 valence electrons. The molecule has 0 aliphatic carbocycles. The van der Waals surface area contributed by atoms with E-state index < -0.39 is 5.41 Å². The van der Waals surface area contributed by atoms with Crippen LogP contribution in [0.1, 0.15) is 47.0 Å². The zero-order valence-electron chi connectivity index (χ0n) is 12.5. The molecule has 0 aromatic rings. The van der Waals surface area contributed by atoms with Crippen molar-refractivity contribution < 1.29 is 9.59 Å². The maximum Gasteiger partial charge on any atom is 0.236 e. The molecule has 3 atom stereocenters. The van der Waals surface area contributed by atoms with Gasteiger partial charge in [0.05, 0.1) is 5.41 Å². The minimum atomic E-state index is -0.507. The molecule has 1 N–H and O–H groups in total. The molecule has 19 heavy (non-hydrogen) atoms. The molecule has 4 heteroatoms. The molecule has 0 spiro atoms. The van der Waals surface area contributed by atoms with Crippen molar-refractivity contribution in [2.24, 2.45) is 17.3 Å². The van der Waals surface area contributed by atoms with E-state index in [1.165, 1.54) is 0 Å². The molecular weight excluding hydrogens is 240 g/mol. The lowest BCUT2D eigenvalue weighted by Gasteiger charge is -2.35. The first-order chi connectivity index (χ1) is 8.88. The summed E-state index contributed by atoms with van der Waals surface area (Å²) in [5.41, 5.74) is -0.507. The van der Waals surface area contributed by atoms with Crippen molar-refractivity contribution in [2.45, 2.75) is 53.0 Å². The summed E-state index contributed by atoms with van der Waals surface area (Å²) in [5, 5.41) is 3.36. The van der Waals surface area contributed by atoms with E-state index in [0.29, 0.717) is 12.3 Å². The van der Waals surface area contributed by atoms with Gasteiger partial charge < -0.3 is 5.32 Å². The number of carbonyl (C=O) groups excluding carboxylic acids is 2. The van der Waals surface area contributed by atoms with E-state index >= 15 is 0 Å². The molecule has 2 amide bonds. The second-order valence-corrected chi connectivity index (χ2v) is 6.66. The largest absolute Gasteiger partial charge is 0.316 e. The van der Waals surface area contributed by atoms with Crippen LogP contribution in [-0.4, -0.2) is 35.8 Å². The smallest absolute Gasteiger partial charge is 0.236 e. The number of rotatable bonds is 3. The molecule has 0 radical (unpaired) electrons. The Bertz CT molecular complexity index is 374. The average Bonchev–Trinajstić information content (AvgIpc) is 2.61. The zero-order valence-corrected chi connectivity index (χ0v) is 12.5. The second-order valence-electron chi connectivity index (χ2n) is 6.66. The first-order valence-corrected chi connectivity index (χ1v) is 7.45. The molecule has 0 bridgehead atoms. The lowest BCUT2D eigenvalue weighted by atomic mass is 9.77. The third-order valence-electron chi connectivity index (χ3n) is 5.19. The van der Waals surface area contributed by atoms with Crippen molar-refractivity contribution in [3.63, 3.8) is 0 Å². The SMILES string of the molecule is CC(C1CCCNC1)N1C(=O)CC(C)(C(C)C)C1=O. The van der Waals surface area contributed by atoms with Crippen LogP contribution < -0.4 is 5.32 Å². The van der Waals surface area contributed by atoms with Gasteiger partial charge in [0.25, 0.3) is 0 Å². The quantitative estimate of drug-likeness (QED) is 0.792. The standard InChI is InChI=1S/C15H26N2O2/c1-10(2)15(4)8-13(18)17(14(15)19)11(3)12-6-5-7-16-9-12/h10-12,16H,5-9H2,1-4H3. The molecule has 0 aromatic carbocycles. The van der Waals surface area contributed by atoms with Crippen LogP contribution >= 0.6 is 0 Å². The predicted molar refractivity (Wildman–Crippen MR) is 74.5 cm³/mol. The Kier molecular flexibility index (Phi) is 4.00. The minimum absolute atomic E-state index is 0.0132. The monoisotopic (exact) mass is 266 g/mol. The molecule has 0 aromatic heterocycles. The Hall–Kier alpha value is -0.900. The van der Waals surface area contributed by atoms with Crippen molar-refractivity contribution in [2.75, 3.05) is 13.1 Å². The maximum absolute atomic E-state index is 12.6. The zero-order chi connectivity index (χ0) is 14.2. The van der Waals surface area contributed by atoms with E-state index in [9.17, 15) is 9.59 Å². The number of amides is 2. The van der Waals surface area contributed by atoms with Gasteiger partial charge >= 0.3 is 0 Å². The highest BCUT2D eigenvalue weighted by molar-refractivity contribution is 6.06. The number of likely N-dealkylation sites (tertiary alicyclic amines) is 1. The van der Waals surface area contributed by atoms with Crippen molar-refractivity contribution in [3.8, 4) is 0 Å². The van der Waals surface area contributed by atoms with Crippen LogP contribution in [0.15, 0.2) is 0 Å². The van der Waals surface area contributed by atoms with E-state index in [-0.39, 0.29) is 23.8 Å². The molecule has 2 aliphatic heterocycles. The Morgan fingerprint density at radius 1 is 1.32 bits per heavy atom. The summed E-state index contributed by atoms with van der Waals surface area (Å²) < 4.78 is 0. The van der Waals surface area contributed by atoms with Gasteiger partial charge in [-0.05, 0) is 51.6 Å². The highest BCUT2D eigenvalue weighted by Crippen LogP contribution is 2.41. The van der Waals surface area contributed by atoms with E-state index in [2.05, 4.69) is 5.32 Å². The number of hydrogen-bond donors (Lipinski definition) is 1. The summed E-state index contributed by atoms with van der Waals surface area (Å²) >= 11 is 0. The van der Waals surface area contributed by atoms with Gasteiger partial charge in [-0.1, -0.05) is 13.8 Å². The second kappa shape index (κ2) is 5.23. The Labute approximate surface area is 115 Å². The summed E-state index contributed by atoms with van der Waals surface area (Å²) in [6.45, 7) is 9.98. The van der Waals surface area contributed by atoms with Gasteiger partial charge in [-0.15, -0.1) is 0 Å². The number of nitrogens with one attached hydrogen (secondary N) is 1. The third kappa shape index (κ3) is 2.42. The van der Waals surface area contributed by atoms with Crippen LogP contribution in [0.25, 0.3) is 0 Å². The third-order valence-corrected chi connectivity index (χ3v) is 5.19. The van der Waals surface area contributed by atoms with Crippen LogP contribution in [0.2, 0.25) is 0 Å². The first-order valence-electron chi connectivity index (χ1n) is 7.45. The van der Waals surface area contributed by atoms with E-state index in [0.717, 1.165) is 25.9 Å². The Morgan fingerprint density at radius 2 is 2.00 bits per heavy atom. The molecule has 2 rings (SSSR count). The fourth-order valence-electron chi connectivity index (χ4n) is 3.23. The maximum atomic E-state index is 12.6. The normalized spacial score (nSPS) is 34.2. The van der Waals surface area contributed by atoms with Gasteiger partial charge in [0.1, 0.15) is 0 Å². The van der Waals surface area contributed by atoms with Crippen LogP contribution in [0.3, 0.4) is 0 Å². The van der Waals surface area contributed by atoms with Gasteiger partial charge in [0, 0.05) is 12.5 Å². The van der Waals surface area contributed by atoms with Gasteiger partial charge in [-0.3, -0.25) is 14.5 Å². The van der Waals surface area contributed by atoms with E-state index in [4.69, 9.17) is 0 Å². The number of nitrogens with zero attached hydrogens (tertiary/aromatic N) is 1.